The Labute approximate surface area is 219 Å². The van der Waals surface area contributed by atoms with E-state index >= 15 is 0 Å². The number of nitrogens with zero attached hydrogens (tertiary/aromatic N) is 2. The number of rotatable bonds is 9. The van der Waals surface area contributed by atoms with Gasteiger partial charge in [0.05, 0.1) is 6.61 Å². The molecule has 2 heterocycles. The molecule has 5 N–H and O–H groups in total. The van der Waals surface area contributed by atoms with Crippen LogP contribution in [0.5, 0.6) is 0 Å². The molecule has 1 saturated carbocycles. The topological polar surface area (TPSA) is 144 Å². The summed E-state index contributed by atoms with van der Waals surface area (Å²) >= 11 is 0. The lowest BCUT2D eigenvalue weighted by Crippen LogP contribution is -2.50. The van der Waals surface area contributed by atoms with Crippen LogP contribution in [-0.4, -0.2) is 93.5 Å². The fraction of sp³-hybridized carbons (Fsp3) is 0.654. The lowest BCUT2D eigenvalue weighted by molar-refractivity contribution is -0.192. The number of halogens is 3. The molecule has 1 aliphatic carbocycles. The number of carbonyl (C=O) groups excluding carboxylic acids is 2. The zero-order chi connectivity index (χ0) is 28.0. The summed E-state index contributed by atoms with van der Waals surface area (Å²) in [7, 11) is 0. The molecule has 3 fully saturated rings. The van der Waals surface area contributed by atoms with E-state index in [2.05, 4.69) is 11.0 Å². The van der Waals surface area contributed by atoms with E-state index in [1.54, 1.807) is 11.0 Å². The maximum Gasteiger partial charge on any atom is 0.490 e. The van der Waals surface area contributed by atoms with Crippen molar-refractivity contribution in [2.24, 2.45) is 11.7 Å². The number of aliphatic hydroxyl groups excluding tert-OH is 2. The summed E-state index contributed by atoms with van der Waals surface area (Å²) in [6, 6.07) is 8.68. The Kier molecular flexibility index (Phi) is 10.1. The second-order valence-corrected chi connectivity index (χ2v) is 10.4. The van der Waals surface area contributed by atoms with Crippen LogP contribution < -0.4 is 5.73 Å². The molecular weight excluding hydrogens is 507 g/mol. The fourth-order valence-electron chi connectivity index (χ4n) is 5.66. The first-order valence-corrected chi connectivity index (χ1v) is 12.9. The third-order valence-corrected chi connectivity index (χ3v) is 7.87. The van der Waals surface area contributed by atoms with Gasteiger partial charge in [-0.3, -0.25) is 14.5 Å². The number of hydrogen-bond donors (Lipinski definition) is 4. The van der Waals surface area contributed by atoms with Gasteiger partial charge >= 0.3 is 12.1 Å². The average Bonchev–Trinajstić information content (AvgIpc) is 3.08. The number of carboxylic acids is 1. The Morgan fingerprint density at radius 2 is 1.71 bits per heavy atom. The van der Waals surface area contributed by atoms with Crippen LogP contribution in [0.3, 0.4) is 0 Å². The van der Waals surface area contributed by atoms with Crippen LogP contribution in [-0.2, 0) is 9.59 Å². The lowest BCUT2D eigenvalue weighted by atomic mass is 9.84. The van der Waals surface area contributed by atoms with Gasteiger partial charge in [0.1, 0.15) is 0 Å². The van der Waals surface area contributed by atoms with E-state index in [0.29, 0.717) is 42.6 Å². The number of nitrogens with two attached hydrogens (primary N) is 1. The molecule has 2 amide bonds. The van der Waals surface area contributed by atoms with Crippen LogP contribution in [0.1, 0.15) is 66.8 Å². The highest BCUT2D eigenvalue weighted by Gasteiger charge is 2.41. The Morgan fingerprint density at radius 3 is 2.18 bits per heavy atom. The first kappa shape index (κ1) is 29.9. The van der Waals surface area contributed by atoms with Crippen LogP contribution in [0, 0.1) is 5.92 Å². The van der Waals surface area contributed by atoms with Crippen LogP contribution >= 0.6 is 0 Å². The zero-order valence-corrected chi connectivity index (χ0v) is 21.1. The van der Waals surface area contributed by atoms with Crippen molar-refractivity contribution in [1.29, 1.82) is 0 Å². The molecular formula is C26H36F3N3O6. The average molecular weight is 544 g/mol. The van der Waals surface area contributed by atoms with Gasteiger partial charge in [-0.15, -0.1) is 0 Å². The van der Waals surface area contributed by atoms with Crippen LogP contribution in [0.25, 0.3) is 0 Å². The molecule has 38 heavy (non-hydrogen) atoms. The molecule has 12 heteroatoms. The summed E-state index contributed by atoms with van der Waals surface area (Å²) in [6.45, 7) is 1.56. The van der Waals surface area contributed by atoms with Crippen molar-refractivity contribution in [3.8, 4) is 0 Å². The minimum Gasteiger partial charge on any atom is -0.475 e. The van der Waals surface area contributed by atoms with E-state index in [-0.39, 0.29) is 11.8 Å². The summed E-state index contributed by atoms with van der Waals surface area (Å²) in [5.41, 5.74) is 7.22. The minimum atomic E-state index is -5.08. The van der Waals surface area contributed by atoms with E-state index in [4.69, 9.17) is 15.6 Å². The number of alkyl halides is 3. The van der Waals surface area contributed by atoms with Crippen LogP contribution in [0.2, 0.25) is 0 Å². The molecule has 4 atom stereocenters. The summed E-state index contributed by atoms with van der Waals surface area (Å²) < 4.78 is 31.7. The van der Waals surface area contributed by atoms with Crippen molar-refractivity contribution in [3.05, 3.63) is 35.4 Å². The monoisotopic (exact) mass is 543 g/mol. The molecule has 2 bridgehead atoms. The normalized spacial score (nSPS) is 24.1. The second-order valence-electron chi connectivity index (χ2n) is 10.4. The number of benzene rings is 1. The molecule has 1 aromatic carbocycles. The van der Waals surface area contributed by atoms with Crippen molar-refractivity contribution in [1.82, 2.24) is 9.80 Å². The fourth-order valence-corrected chi connectivity index (χ4v) is 5.66. The van der Waals surface area contributed by atoms with Gasteiger partial charge in [0.2, 0.25) is 5.91 Å². The molecule has 2 saturated heterocycles. The minimum absolute atomic E-state index is 0.347. The Hall–Kier alpha value is -2.70. The Bertz CT molecular complexity index is 973. The van der Waals surface area contributed by atoms with E-state index < -0.39 is 24.9 Å². The van der Waals surface area contributed by atoms with Gasteiger partial charge in [-0.25, -0.2) is 4.79 Å². The molecule has 1 aromatic rings. The molecule has 2 aliphatic heterocycles. The van der Waals surface area contributed by atoms with Gasteiger partial charge < -0.3 is 26.0 Å². The molecule has 0 spiro atoms. The quantitative estimate of drug-likeness (QED) is 0.373. The number of aliphatic hydroxyl groups is 2. The van der Waals surface area contributed by atoms with Crippen molar-refractivity contribution >= 4 is 17.8 Å². The number of carbonyl (C=O) groups is 3. The maximum atomic E-state index is 12.6. The summed E-state index contributed by atoms with van der Waals surface area (Å²) in [5, 5.41) is 26.2. The van der Waals surface area contributed by atoms with E-state index in [9.17, 15) is 33.0 Å². The highest BCUT2D eigenvalue weighted by Crippen LogP contribution is 2.43. The third kappa shape index (κ3) is 7.67. The van der Waals surface area contributed by atoms with Gasteiger partial charge in [0.15, 0.2) is 6.10 Å². The first-order valence-electron chi connectivity index (χ1n) is 12.9. The predicted octanol–water partition coefficient (Wildman–Crippen LogP) is 2.11. The zero-order valence-electron chi connectivity index (χ0n) is 21.1. The van der Waals surface area contributed by atoms with E-state index in [0.717, 1.165) is 45.1 Å². The maximum absolute atomic E-state index is 12.6. The van der Waals surface area contributed by atoms with Gasteiger partial charge in [-0.1, -0.05) is 18.6 Å². The van der Waals surface area contributed by atoms with Gasteiger partial charge in [0, 0.05) is 37.3 Å². The number of piperidine rings is 1. The van der Waals surface area contributed by atoms with Crippen LogP contribution in [0.4, 0.5) is 13.2 Å². The molecule has 212 valence electrons. The number of fused-ring (bicyclic) bond motifs is 2. The van der Waals surface area contributed by atoms with Gasteiger partial charge in [0.25, 0.3) is 5.91 Å². The van der Waals surface area contributed by atoms with Gasteiger partial charge in [-0.05, 0) is 68.1 Å². The lowest BCUT2D eigenvalue weighted by Gasteiger charge is -2.41. The predicted molar refractivity (Wildman–Crippen MR) is 131 cm³/mol. The summed E-state index contributed by atoms with van der Waals surface area (Å²) in [6.07, 6.45) is 1.51. The first-order chi connectivity index (χ1) is 17.9. The summed E-state index contributed by atoms with van der Waals surface area (Å²) in [5.74, 6) is -2.54. The third-order valence-electron chi connectivity index (χ3n) is 7.87. The molecule has 4 rings (SSSR count). The van der Waals surface area contributed by atoms with E-state index in [1.807, 2.05) is 12.1 Å². The SMILES string of the molecule is NC(=O)c1cccc(C2C[C@H]3CC[C@@H](C2)N3CCN(CC2CCC2)C(=O)[C@H](O)CO)c1.O=C(O)C(F)(F)F. The van der Waals surface area contributed by atoms with Crippen LogP contribution in [0.15, 0.2) is 24.3 Å². The summed E-state index contributed by atoms with van der Waals surface area (Å²) in [4.78, 5) is 37.3. The number of carboxylic acid groups (broad SMARTS) is 1. The number of primary amides is 1. The van der Waals surface area contributed by atoms with Gasteiger partial charge in [-0.2, -0.15) is 13.2 Å². The highest BCUT2D eigenvalue weighted by atomic mass is 19.4. The van der Waals surface area contributed by atoms with Crippen molar-refractivity contribution < 1.29 is 42.9 Å². The second kappa shape index (κ2) is 12.9. The molecule has 9 nitrogen and oxygen atoms in total. The smallest absolute Gasteiger partial charge is 0.475 e. The largest absolute Gasteiger partial charge is 0.490 e. The van der Waals surface area contributed by atoms with Crippen molar-refractivity contribution in [3.63, 3.8) is 0 Å². The number of aliphatic carboxylic acids is 1. The Morgan fingerprint density at radius 1 is 1.11 bits per heavy atom. The molecule has 0 aromatic heterocycles. The Balaban J connectivity index is 0.000000505. The molecule has 1 unspecified atom stereocenters. The highest BCUT2D eigenvalue weighted by molar-refractivity contribution is 5.92. The van der Waals surface area contributed by atoms with Crippen molar-refractivity contribution in [2.45, 2.75) is 75.2 Å². The molecule has 3 aliphatic rings. The molecule has 0 radical (unpaired) electrons. The van der Waals surface area contributed by atoms with E-state index in [1.165, 1.54) is 12.0 Å². The number of amides is 2. The van der Waals surface area contributed by atoms with Crippen molar-refractivity contribution in [2.75, 3.05) is 26.2 Å². The number of hydrogen-bond acceptors (Lipinski definition) is 6. The standard InChI is InChI=1S/C24H35N3O4.C2HF3O2/c25-23(30)18-6-2-5-17(11-18)19-12-20-7-8-21(13-19)27(20)10-9-26(14-16-3-1-4-16)24(31)22(29)15-28;3-2(4,5)1(6)7/h2,5-6,11,16,19-22,28-29H,1,3-4,7-10,12-15H2,(H2,25,30);(H,6,7)/t19?,20-,21+,22-;/m1./s1.